The van der Waals surface area contributed by atoms with E-state index in [9.17, 15) is 4.79 Å². The number of carbonyl (C=O) groups excluding carboxylic acids is 1. The van der Waals surface area contributed by atoms with Crippen molar-refractivity contribution in [3.63, 3.8) is 0 Å². The third-order valence-electron chi connectivity index (χ3n) is 3.27. The molecule has 0 aliphatic heterocycles. The SMILES string of the molecule is CN(C)C(=O)Cc1nc(COc2nc(-c3ccccc3Cl)no2)cs1. The molecule has 7 nitrogen and oxygen atoms in total. The van der Waals surface area contributed by atoms with Crippen LogP contribution in [0.5, 0.6) is 6.08 Å². The first kappa shape index (κ1) is 17.4. The van der Waals surface area contributed by atoms with Gasteiger partial charge in [0.1, 0.15) is 11.6 Å². The summed E-state index contributed by atoms with van der Waals surface area (Å²) < 4.78 is 10.5. The number of halogens is 1. The summed E-state index contributed by atoms with van der Waals surface area (Å²) in [7, 11) is 3.43. The molecule has 3 aromatic rings. The Morgan fingerprint density at radius 2 is 2.12 bits per heavy atom. The standard InChI is InChI=1S/C16H15ClN4O3S/c1-21(2)14(22)7-13-18-10(9-25-13)8-23-16-19-15(20-24-16)11-5-3-4-6-12(11)17/h3-6,9H,7-8H2,1-2H3. The number of carbonyl (C=O) groups is 1. The molecule has 0 aliphatic rings. The van der Waals surface area contributed by atoms with E-state index in [0.717, 1.165) is 5.01 Å². The largest absolute Gasteiger partial charge is 0.442 e. The van der Waals surface area contributed by atoms with Gasteiger partial charge in [-0.1, -0.05) is 28.9 Å². The van der Waals surface area contributed by atoms with Gasteiger partial charge >= 0.3 is 6.08 Å². The zero-order chi connectivity index (χ0) is 17.8. The second-order valence-corrected chi connectivity index (χ2v) is 6.70. The number of likely N-dealkylation sites (N-methyl/N-ethyl adjacent to an activating group) is 1. The van der Waals surface area contributed by atoms with Gasteiger partial charge in [0.2, 0.25) is 11.7 Å². The third kappa shape index (κ3) is 4.34. The number of hydrogen-bond acceptors (Lipinski definition) is 7. The van der Waals surface area contributed by atoms with Crippen LogP contribution >= 0.6 is 22.9 Å². The van der Waals surface area contributed by atoms with E-state index < -0.39 is 0 Å². The number of ether oxygens (including phenoxy) is 1. The van der Waals surface area contributed by atoms with Crippen LogP contribution in [0, 0.1) is 0 Å². The van der Waals surface area contributed by atoms with Gasteiger partial charge in [0, 0.05) is 25.0 Å². The van der Waals surface area contributed by atoms with Crippen LogP contribution in [-0.2, 0) is 17.8 Å². The van der Waals surface area contributed by atoms with E-state index in [-0.39, 0.29) is 25.0 Å². The van der Waals surface area contributed by atoms with E-state index in [1.807, 2.05) is 17.5 Å². The summed E-state index contributed by atoms with van der Waals surface area (Å²) in [5.41, 5.74) is 1.37. The molecule has 0 saturated carbocycles. The van der Waals surface area contributed by atoms with Gasteiger partial charge in [0.05, 0.1) is 17.1 Å². The van der Waals surface area contributed by atoms with Crippen molar-refractivity contribution in [2.45, 2.75) is 13.0 Å². The average Bonchev–Trinajstić information content (AvgIpc) is 3.22. The Labute approximate surface area is 153 Å². The van der Waals surface area contributed by atoms with Crippen molar-refractivity contribution < 1.29 is 14.1 Å². The fraction of sp³-hybridized carbons (Fsp3) is 0.250. The molecule has 0 unspecified atom stereocenters. The molecule has 2 aromatic heterocycles. The molecule has 130 valence electrons. The number of hydrogen-bond donors (Lipinski definition) is 0. The lowest BCUT2D eigenvalue weighted by Crippen LogP contribution is -2.23. The highest BCUT2D eigenvalue weighted by molar-refractivity contribution is 7.09. The van der Waals surface area contributed by atoms with Crippen molar-refractivity contribution in [3.05, 3.63) is 45.4 Å². The van der Waals surface area contributed by atoms with Crippen LogP contribution in [0.4, 0.5) is 0 Å². The van der Waals surface area contributed by atoms with Crippen molar-refractivity contribution in [2.75, 3.05) is 14.1 Å². The molecule has 25 heavy (non-hydrogen) atoms. The summed E-state index contributed by atoms with van der Waals surface area (Å²) in [5, 5.41) is 6.96. The van der Waals surface area contributed by atoms with Crippen LogP contribution in [0.1, 0.15) is 10.7 Å². The molecule has 1 amide bonds. The molecule has 0 spiro atoms. The Balaban J connectivity index is 1.61. The van der Waals surface area contributed by atoms with Crippen molar-refractivity contribution in [1.82, 2.24) is 20.0 Å². The lowest BCUT2D eigenvalue weighted by molar-refractivity contribution is -0.127. The second kappa shape index (κ2) is 7.62. The van der Waals surface area contributed by atoms with E-state index in [1.165, 1.54) is 16.2 Å². The van der Waals surface area contributed by atoms with E-state index in [0.29, 0.717) is 22.1 Å². The molecule has 3 rings (SSSR count). The van der Waals surface area contributed by atoms with Crippen LogP contribution in [0.15, 0.2) is 34.2 Å². The predicted molar refractivity (Wildman–Crippen MR) is 93.6 cm³/mol. The van der Waals surface area contributed by atoms with Crippen LogP contribution in [0.2, 0.25) is 5.02 Å². The summed E-state index contributed by atoms with van der Waals surface area (Å²) >= 11 is 7.52. The van der Waals surface area contributed by atoms with E-state index >= 15 is 0 Å². The monoisotopic (exact) mass is 378 g/mol. The van der Waals surface area contributed by atoms with Crippen molar-refractivity contribution in [3.8, 4) is 17.5 Å². The molecule has 0 aliphatic carbocycles. The quantitative estimate of drug-likeness (QED) is 0.655. The molecule has 0 N–H and O–H groups in total. The zero-order valence-electron chi connectivity index (χ0n) is 13.6. The maximum absolute atomic E-state index is 11.7. The molecule has 1 aromatic carbocycles. The van der Waals surface area contributed by atoms with Gasteiger partial charge in [0.15, 0.2) is 0 Å². The smallest absolute Gasteiger partial charge is 0.418 e. The Bertz CT molecular complexity index is 878. The Hall–Kier alpha value is -2.45. The lowest BCUT2D eigenvalue weighted by Gasteiger charge is -2.07. The molecule has 0 saturated heterocycles. The molecule has 0 atom stereocenters. The van der Waals surface area contributed by atoms with Crippen LogP contribution < -0.4 is 4.74 Å². The number of amides is 1. The zero-order valence-corrected chi connectivity index (χ0v) is 15.2. The van der Waals surface area contributed by atoms with Crippen molar-refractivity contribution >= 4 is 28.8 Å². The van der Waals surface area contributed by atoms with Gasteiger partial charge in [-0.15, -0.1) is 11.3 Å². The molecule has 2 heterocycles. The number of aromatic nitrogens is 3. The van der Waals surface area contributed by atoms with Crippen LogP contribution in [-0.4, -0.2) is 40.0 Å². The number of rotatable bonds is 6. The maximum Gasteiger partial charge on any atom is 0.418 e. The summed E-state index contributed by atoms with van der Waals surface area (Å²) in [4.78, 5) is 21.7. The Morgan fingerprint density at radius 3 is 2.88 bits per heavy atom. The topological polar surface area (TPSA) is 81.4 Å². The minimum absolute atomic E-state index is 0.00287. The molecule has 0 radical (unpaired) electrons. The van der Waals surface area contributed by atoms with E-state index in [1.54, 1.807) is 26.2 Å². The number of benzene rings is 1. The van der Waals surface area contributed by atoms with Crippen LogP contribution in [0.3, 0.4) is 0 Å². The normalized spacial score (nSPS) is 10.7. The predicted octanol–water partition coefficient (Wildman–Crippen LogP) is 3.06. The maximum atomic E-state index is 11.7. The third-order valence-corrected chi connectivity index (χ3v) is 4.49. The van der Waals surface area contributed by atoms with Gasteiger partial charge < -0.3 is 9.64 Å². The highest BCUT2D eigenvalue weighted by Crippen LogP contribution is 2.26. The summed E-state index contributed by atoms with van der Waals surface area (Å²) in [5.74, 6) is 0.360. The van der Waals surface area contributed by atoms with Crippen molar-refractivity contribution in [2.24, 2.45) is 0 Å². The van der Waals surface area contributed by atoms with Gasteiger partial charge in [-0.3, -0.25) is 9.32 Å². The van der Waals surface area contributed by atoms with Gasteiger partial charge in [0.25, 0.3) is 0 Å². The Morgan fingerprint density at radius 1 is 1.32 bits per heavy atom. The number of nitrogens with zero attached hydrogens (tertiary/aromatic N) is 4. The first-order valence-corrected chi connectivity index (χ1v) is 8.63. The summed E-state index contributed by atoms with van der Waals surface area (Å²) in [6.45, 7) is 0.177. The van der Waals surface area contributed by atoms with Gasteiger partial charge in [-0.2, -0.15) is 4.98 Å². The highest BCUT2D eigenvalue weighted by atomic mass is 35.5. The van der Waals surface area contributed by atoms with Gasteiger partial charge in [-0.05, 0) is 12.1 Å². The number of thiazole rings is 1. The van der Waals surface area contributed by atoms with E-state index in [2.05, 4.69) is 15.1 Å². The molecule has 0 bridgehead atoms. The Kier molecular flexibility index (Phi) is 5.30. The fourth-order valence-electron chi connectivity index (χ4n) is 1.94. The first-order chi connectivity index (χ1) is 12.0. The molecule has 9 heteroatoms. The van der Waals surface area contributed by atoms with Crippen LogP contribution in [0.25, 0.3) is 11.4 Å². The minimum Gasteiger partial charge on any atom is -0.442 e. The van der Waals surface area contributed by atoms with Crippen molar-refractivity contribution in [1.29, 1.82) is 0 Å². The lowest BCUT2D eigenvalue weighted by atomic mass is 10.2. The highest BCUT2D eigenvalue weighted by Gasteiger charge is 2.14. The van der Waals surface area contributed by atoms with E-state index in [4.69, 9.17) is 20.9 Å². The van der Waals surface area contributed by atoms with Gasteiger partial charge in [-0.25, -0.2) is 4.98 Å². The molecular formula is C16H15ClN4O3S. The first-order valence-electron chi connectivity index (χ1n) is 7.38. The summed E-state index contributed by atoms with van der Waals surface area (Å²) in [6.07, 6.45) is 0.309. The average molecular weight is 379 g/mol. The fourth-order valence-corrected chi connectivity index (χ4v) is 2.93. The molecule has 0 fully saturated rings. The summed E-state index contributed by atoms with van der Waals surface area (Å²) in [6, 6.07) is 7.21. The molecular weight excluding hydrogens is 364 g/mol. The minimum atomic E-state index is 0.00287. The second-order valence-electron chi connectivity index (χ2n) is 5.35.